The number of nitrogens with one attached hydrogen (secondary N) is 1. The maximum absolute atomic E-state index is 12.2. The van der Waals surface area contributed by atoms with Gasteiger partial charge in [-0.25, -0.2) is 0 Å². The van der Waals surface area contributed by atoms with Crippen molar-refractivity contribution in [1.82, 2.24) is 0 Å². The summed E-state index contributed by atoms with van der Waals surface area (Å²) < 4.78 is 0. The highest BCUT2D eigenvalue weighted by Crippen LogP contribution is 2.13. The second kappa shape index (κ2) is 6.19. The van der Waals surface area contributed by atoms with Crippen molar-refractivity contribution in [2.45, 2.75) is 26.7 Å². The molecule has 2 aromatic carbocycles. The zero-order valence-corrected chi connectivity index (χ0v) is 11.4. The number of carbonyl (C=O) groups excluding carboxylic acids is 1. The minimum absolute atomic E-state index is 0.0523. The molecule has 0 aliphatic carbocycles. The molecule has 2 aromatic rings. The number of amides is 1. The van der Waals surface area contributed by atoms with Crippen LogP contribution in [0.25, 0.3) is 0 Å². The van der Waals surface area contributed by atoms with E-state index < -0.39 is 0 Å². The average molecular weight is 253 g/mol. The molecule has 0 radical (unpaired) electrons. The molecule has 2 heteroatoms. The van der Waals surface area contributed by atoms with Crippen LogP contribution in [-0.4, -0.2) is 5.91 Å². The fourth-order valence-electron chi connectivity index (χ4n) is 2.08. The average Bonchev–Trinajstić information content (AvgIpc) is 2.39. The summed E-state index contributed by atoms with van der Waals surface area (Å²) in [7, 11) is 0. The monoisotopic (exact) mass is 253 g/mol. The van der Waals surface area contributed by atoms with Gasteiger partial charge in [0.1, 0.15) is 0 Å². The van der Waals surface area contributed by atoms with E-state index in [0.717, 1.165) is 24.1 Å². The summed E-state index contributed by atoms with van der Waals surface area (Å²) in [6.07, 6.45) is 2.09. The van der Waals surface area contributed by atoms with Crippen LogP contribution in [-0.2, 0) is 6.42 Å². The largest absolute Gasteiger partial charge is 0.322 e. The number of carbonyl (C=O) groups is 1. The first-order chi connectivity index (χ1) is 9.19. The molecule has 0 bridgehead atoms. The molecule has 98 valence electrons. The molecule has 0 heterocycles. The Kier molecular flexibility index (Phi) is 4.35. The van der Waals surface area contributed by atoms with Crippen LogP contribution in [0.4, 0.5) is 5.69 Å². The van der Waals surface area contributed by atoms with Gasteiger partial charge < -0.3 is 5.32 Å². The Bertz CT molecular complexity index is 575. The molecule has 0 aliphatic heterocycles. The van der Waals surface area contributed by atoms with Crippen LogP contribution in [0, 0.1) is 6.92 Å². The molecule has 0 aromatic heterocycles. The van der Waals surface area contributed by atoms with Crippen molar-refractivity contribution < 1.29 is 4.79 Å². The molecule has 19 heavy (non-hydrogen) atoms. The number of benzene rings is 2. The quantitative estimate of drug-likeness (QED) is 0.869. The van der Waals surface area contributed by atoms with E-state index in [-0.39, 0.29) is 5.91 Å². The third-order valence-electron chi connectivity index (χ3n) is 3.00. The smallest absolute Gasteiger partial charge is 0.255 e. The lowest BCUT2D eigenvalue weighted by Crippen LogP contribution is -2.12. The van der Waals surface area contributed by atoms with E-state index in [4.69, 9.17) is 0 Å². The minimum Gasteiger partial charge on any atom is -0.322 e. The van der Waals surface area contributed by atoms with E-state index in [2.05, 4.69) is 18.3 Å². The Morgan fingerprint density at radius 1 is 1.11 bits per heavy atom. The van der Waals surface area contributed by atoms with E-state index in [1.807, 2.05) is 49.4 Å². The molecule has 1 N–H and O–H groups in total. The standard InChI is InChI=1S/C17H19NO/c1-3-6-14-8-5-9-15(12-14)17(19)18-16-10-4-7-13(2)11-16/h4-5,7-12H,3,6H2,1-2H3,(H,18,19). The Hall–Kier alpha value is -2.09. The molecular formula is C17H19NO. The number of rotatable bonds is 4. The van der Waals surface area contributed by atoms with Gasteiger partial charge in [-0.2, -0.15) is 0 Å². The summed E-state index contributed by atoms with van der Waals surface area (Å²) in [5.41, 5.74) is 3.90. The fourth-order valence-corrected chi connectivity index (χ4v) is 2.08. The predicted octanol–water partition coefficient (Wildman–Crippen LogP) is 4.20. The van der Waals surface area contributed by atoms with Gasteiger partial charge in [-0.05, 0) is 48.7 Å². The number of aryl methyl sites for hydroxylation is 2. The summed E-state index contributed by atoms with van der Waals surface area (Å²) >= 11 is 0. The molecule has 0 spiro atoms. The van der Waals surface area contributed by atoms with Crippen LogP contribution in [0.2, 0.25) is 0 Å². The topological polar surface area (TPSA) is 29.1 Å². The zero-order chi connectivity index (χ0) is 13.7. The fraction of sp³-hybridized carbons (Fsp3) is 0.235. The number of hydrogen-bond donors (Lipinski definition) is 1. The molecule has 1 amide bonds. The van der Waals surface area contributed by atoms with Gasteiger partial charge in [0, 0.05) is 11.3 Å². The van der Waals surface area contributed by atoms with E-state index in [9.17, 15) is 4.79 Å². The highest BCUT2D eigenvalue weighted by molar-refractivity contribution is 6.04. The van der Waals surface area contributed by atoms with E-state index in [0.29, 0.717) is 5.56 Å². The van der Waals surface area contributed by atoms with Gasteiger partial charge in [0.2, 0.25) is 0 Å². The molecular weight excluding hydrogens is 234 g/mol. The van der Waals surface area contributed by atoms with Crippen molar-refractivity contribution in [2.24, 2.45) is 0 Å². The van der Waals surface area contributed by atoms with E-state index >= 15 is 0 Å². The van der Waals surface area contributed by atoms with Crippen LogP contribution in [0.1, 0.15) is 34.8 Å². The van der Waals surface area contributed by atoms with Crippen LogP contribution in [0.5, 0.6) is 0 Å². The molecule has 0 fully saturated rings. The maximum Gasteiger partial charge on any atom is 0.255 e. The summed E-state index contributed by atoms with van der Waals surface area (Å²) in [5, 5.41) is 2.93. The van der Waals surface area contributed by atoms with Crippen LogP contribution < -0.4 is 5.32 Å². The Morgan fingerprint density at radius 3 is 2.63 bits per heavy atom. The van der Waals surface area contributed by atoms with Crippen LogP contribution in [0.3, 0.4) is 0 Å². The van der Waals surface area contributed by atoms with Gasteiger partial charge in [-0.3, -0.25) is 4.79 Å². The summed E-state index contributed by atoms with van der Waals surface area (Å²) in [4.78, 5) is 12.2. The van der Waals surface area contributed by atoms with Crippen molar-refractivity contribution >= 4 is 11.6 Å². The van der Waals surface area contributed by atoms with Gasteiger partial charge >= 0.3 is 0 Å². The lowest BCUT2D eigenvalue weighted by atomic mass is 10.1. The normalized spacial score (nSPS) is 10.2. The highest BCUT2D eigenvalue weighted by Gasteiger charge is 2.06. The number of hydrogen-bond acceptors (Lipinski definition) is 1. The number of anilines is 1. The SMILES string of the molecule is CCCc1cccc(C(=O)Nc2cccc(C)c2)c1. The summed E-state index contributed by atoms with van der Waals surface area (Å²) in [6, 6.07) is 15.6. The van der Waals surface area contributed by atoms with Crippen molar-refractivity contribution in [3.63, 3.8) is 0 Å². The Morgan fingerprint density at radius 2 is 1.89 bits per heavy atom. The summed E-state index contributed by atoms with van der Waals surface area (Å²) in [5.74, 6) is -0.0523. The second-order valence-electron chi connectivity index (χ2n) is 4.77. The third-order valence-corrected chi connectivity index (χ3v) is 3.00. The molecule has 0 aliphatic rings. The predicted molar refractivity (Wildman–Crippen MR) is 79.6 cm³/mol. The van der Waals surface area contributed by atoms with Gasteiger partial charge in [0.25, 0.3) is 5.91 Å². The second-order valence-corrected chi connectivity index (χ2v) is 4.77. The molecule has 2 nitrogen and oxygen atoms in total. The highest BCUT2D eigenvalue weighted by atomic mass is 16.1. The molecule has 0 atom stereocenters. The maximum atomic E-state index is 12.2. The van der Waals surface area contributed by atoms with Crippen molar-refractivity contribution in [2.75, 3.05) is 5.32 Å². The summed E-state index contributed by atoms with van der Waals surface area (Å²) in [6.45, 7) is 4.15. The van der Waals surface area contributed by atoms with Crippen molar-refractivity contribution in [1.29, 1.82) is 0 Å². The molecule has 0 saturated heterocycles. The van der Waals surface area contributed by atoms with Crippen LogP contribution in [0.15, 0.2) is 48.5 Å². The first-order valence-electron chi connectivity index (χ1n) is 6.66. The third kappa shape index (κ3) is 3.68. The first-order valence-corrected chi connectivity index (χ1v) is 6.66. The van der Waals surface area contributed by atoms with E-state index in [1.165, 1.54) is 5.56 Å². The van der Waals surface area contributed by atoms with Gasteiger partial charge in [-0.15, -0.1) is 0 Å². The van der Waals surface area contributed by atoms with Gasteiger partial charge in [0.15, 0.2) is 0 Å². The first kappa shape index (κ1) is 13.3. The minimum atomic E-state index is -0.0523. The van der Waals surface area contributed by atoms with Crippen molar-refractivity contribution in [3.05, 3.63) is 65.2 Å². The van der Waals surface area contributed by atoms with Crippen LogP contribution >= 0.6 is 0 Å². The molecule has 2 rings (SSSR count). The lowest BCUT2D eigenvalue weighted by molar-refractivity contribution is 0.102. The molecule has 0 unspecified atom stereocenters. The van der Waals surface area contributed by atoms with E-state index in [1.54, 1.807) is 0 Å². The zero-order valence-electron chi connectivity index (χ0n) is 11.4. The van der Waals surface area contributed by atoms with Crippen molar-refractivity contribution in [3.8, 4) is 0 Å². The lowest BCUT2D eigenvalue weighted by Gasteiger charge is -2.07. The molecule has 0 saturated carbocycles. The Labute approximate surface area is 114 Å². The van der Waals surface area contributed by atoms with Gasteiger partial charge in [-0.1, -0.05) is 37.6 Å². The Balaban J connectivity index is 2.13. The van der Waals surface area contributed by atoms with Gasteiger partial charge in [0.05, 0.1) is 0 Å².